The second kappa shape index (κ2) is 14.5. The molecular weight excluding hydrogens is 492 g/mol. The first-order chi connectivity index (χ1) is 17.5. The number of rotatable bonds is 13. The van der Waals surface area contributed by atoms with E-state index in [9.17, 15) is 14.3 Å². The molecular formula is C28H30N2O4S2. The summed E-state index contributed by atoms with van der Waals surface area (Å²) >= 11 is 1.17. The molecule has 0 fully saturated rings. The minimum absolute atomic E-state index is 0.0318. The Bertz CT molecular complexity index is 1200. The molecule has 0 aliphatic carbocycles. The van der Waals surface area contributed by atoms with Crippen LogP contribution >= 0.6 is 11.8 Å². The summed E-state index contributed by atoms with van der Waals surface area (Å²) in [5.41, 5.74) is 3.69. The lowest BCUT2D eigenvalue weighted by Crippen LogP contribution is -2.30. The molecule has 2 atom stereocenters. The van der Waals surface area contributed by atoms with Crippen LogP contribution in [0.1, 0.15) is 25.3 Å². The quantitative estimate of drug-likeness (QED) is 0.217. The molecule has 6 nitrogen and oxygen atoms in total. The Labute approximate surface area is 219 Å². The predicted molar refractivity (Wildman–Crippen MR) is 145 cm³/mol. The van der Waals surface area contributed by atoms with Gasteiger partial charge in [0.15, 0.2) is 0 Å². The van der Waals surface area contributed by atoms with Crippen molar-refractivity contribution in [2.24, 2.45) is 0 Å². The number of hydrogen-bond acceptors (Lipinski definition) is 7. The number of ether oxygens (including phenoxy) is 2. The van der Waals surface area contributed by atoms with Crippen LogP contribution in [-0.4, -0.2) is 52.2 Å². The molecule has 0 aliphatic heterocycles. The highest BCUT2D eigenvalue weighted by Crippen LogP contribution is 2.34. The minimum atomic E-state index is -1.08. The van der Waals surface area contributed by atoms with Crippen LogP contribution < -0.4 is 0 Å². The van der Waals surface area contributed by atoms with Gasteiger partial charge in [-0.05, 0) is 18.1 Å². The molecule has 188 valence electrons. The smallest absolute Gasteiger partial charge is 0.316 e. The number of esters is 1. The first-order valence-corrected chi connectivity index (χ1v) is 14.2. The Morgan fingerprint density at radius 2 is 1.78 bits per heavy atom. The van der Waals surface area contributed by atoms with Crippen molar-refractivity contribution in [3.8, 4) is 28.5 Å². The Hall–Kier alpha value is -2.99. The molecule has 0 bridgehead atoms. The number of thioether (sulfide) groups is 1. The van der Waals surface area contributed by atoms with Crippen molar-refractivity contribution in [1.29, 1.82) is 5.26 Å². The Kier molecular flexibility index (Phi) is 11.1. The first-order valence-electron chi connectivity index (χ1n) is 11.8. The van der Waals surface area contributed by atoms with Gasteiger partial charge in [-0.1, -0.05) is 85.8 Å². The lowest BCUT2D eigenvalue weighted by molar-refractivity contribution is -0.146. The SMILES string of the molecule is CCCCS(=O)CC(COC)OC(=O)CSc1nc(-c2ccccc2)cc(-c2ccccc2)c1C#N. The largest absolute Gasteiger partial charge is 0.458 e. The minimum Gasteiger partial charge on any atom is -0.458 e. The van der Waals surface area contributed by atoms with Crippen LogP contribution in [-0.2, 0) is 25.1 Å². The van der Waals surface area contributed by atoms with E-state index >= 15 is 0 Å². The predicted octanol–water partition coefficient (Wildman–Crippen LogP) is 5.49. The zero-order chi connectivity index (χ0) is 25.8. The summed E-state index contributed by atoms with van der Waals surface area (Å²) in [6.07, 6.45) is 1.23. The van der Waals surface area contributed by atoms with Crippen LogP contribution in [0, 0.1) is 11.3 Å². The van der Waals surface area contributed by atoms with E-state index in [4.69, 9.17) is 14.5 Å². The topological polar surface area (TPSA) is 89.3 Å². The first kappa shape index (κ1) is 27.6. The molecule has 1 aromatic heterocycles. The Balaban J connectivity index is 1.82. The van der Waals surface area contributed by atoms with E-state index in [1.54, 1.807) is 0 Å². The van der Waals surface area contributed by atoms with Crippen molar-refractivity contribution in [1.82, 2.24) is 4.98 Å². The lowest BCUT2D eigenvalue weighted by Gasteiger charge is -2.17. The second-order valence-corrected chi connectivity index (χ2v) is 10.7. The number of hydrogen-bond donors (Lipinski definition) is 0. The number of carbonyl (C=O) groups is 1. The molecule has 0 aliphatic rings. The molecule has 0 radical (unpaired) electrons. The fourth-order valence-electron chi connectivity index (χ4n) is 3.58. The van der Waals surface area contributed by atoms with E-state index in [0.717, 1.165) is 29.5 Å². The number of carbonyl (C=O) groups excluding carboxylic acids is 1. The molecule has 36 heavy (non-hydrogen) atoms. The average molecular weight is 523 g/mol. The third-order valence-corrected chi connectivity index (χ3v) is 7.76. The molecule has 0 N–H and O–H groups in total. The normalized spacial score (nSPS) is 12.5. The third-order valence-electron chi connectivity index (χ3n) is 5.33. The van der Waals surface area contributed by atoms with Crippen LogP contribution in [0.2, 0.25) is 0 Å². The van der Waals surface area contributed by atoms with Crippen molar-refractivity contribution in [3.63, 3.8) is 0 Å². The van der Waals surface area contributed by atoms with Crippen molar-refractivity contribution in [2.75, 3.05) is 31.0 Å². The third kappa shape index (κ3) is 8.02. The van der Waals surface area contributed by atoms with Gasteiger partial charge in [0.2, 0.25) is 0 Å². The van der Waals surface area contributed by atoms with Crippen LogP contribution in [0.25, 0.3) is 22.4 Å². The lowest BCUT2D eigenvalue weighted by atomic mass is 9.99. The van der Waals surface area contributed by atoms with Crippen molar-refractivity contribution in [2.45, 2.75) is 30.9 Å². The molecule has 3 rings (SSSR count). The van der Waals surface area contributed by atoms with E-state index in [-0.39, 0.29) is 18.1 Å². The summed E-state index contributed by atoms with van der Waals surface area (Å²) in [7, 11) is 0.441. The van der Waals surface area contributed by atoms with Gasteiger partial charge in [0, 0.05) is 34.8 Å². The maximum Gasteiger partial charge on any atom is 0.316 e. The number of pyridine rings is 1. The van der Waals surface area contributed by atoms with E-state index in [1.165, 1.54) is 18.9 Å². The molecule has 3 aromatic rings. The number of nitrogens with zero attached hydrogens (tertiary/aromatic N) is 2. The zero-order valence-corrected chi connectivity index (χ0v) is 22.1. The molecule has 8 heteroatoms. The standard InChI is InChI=1S/C28H30N2O4S2/c1-3-4-15-36(32)20-23(18-33-2)34-27(31)19-35-28-25(17-29)24(21-11-7-5-8-12-21)16-26(30-28)22-13-9-6-10-14-22/h5-14,16,23H,3-4,15,18-20H2,1-2H3. The van der Waals surface area contributed by atoms with Gasteiger partial charge in [-0.15, -0.1) is 0 Å². The van der Waals surface area contributed by atoms with Gasteiger partial charge in [0.1, 0.15) is 17.2 Å². The van der Waals surface area contributed by atoms with E-state index < -0.39 is 22.9 Å². The maximum atomic E-state index is 12.7. The van der Waals surface area contributed by atoms with Gasteiger partial charge in [0.05, 0.1) is 29.4 Å². The highest BCUT2D eigenvalue weighted by atomic mass is 32.2. The monoisotopic (exact) mass is 522 g/mol. The summed E-state index contributed by atoms with van der Waals surface area (Å²) in [6, 6.07) is 23.6. The number of aromatic nitrogens is 1. The highest BCUT2D eigenvalue weighted by molar-refractivity contribution is 8.00. The molecule has 2 aromatic carbocycles. The summed E-state index contributed by atoms with van der Waals surface area (Å²) in [4.78, 5) is 17.4. The van der Waals surface area contributed by atoms with Crippen molar-refractivity contribution < 1.29 is 18.5 Å². The summed E-state index contributed by atoms with van der Waals surface area (Å²) < 4.78 is 23.0. The van der Waals surface area contributed by atoms with Gasteiger partial charge in [-0.2, -0.15) is 5.26 Å². The Morgan fingerprint density at radius 1 is 1.11 bits per heavy atom. The molecule has 0 amide bonds. The van der Waals surface area contributed by atoms with Gasteiger partial charge in [0.25, 0.3) is 0 Å². The average Bonchev–Trinajstić information content (AvgIpc) is 2.91. The summed E-state index contributed by atoms with van der Waals surface area (Å²) in [5.74, 6) is 0.322. The Morgan fingerprint density at radius 3 is 2.39 bits per heavy atom. The fourth-order valence-corrected chi connectivity index (χ4v) is 5.72. The van der Waals surface area contributed by atoms with Gasteiger partial charge >= 0.3 is 5.97 Å². The van der Waals surface area contributed by atoms with E-state index in [2.05, 4.69) is 6.07 Å². The van der Waals surface area contributed by atoms with E-state index in [0.29, 0.717) is 22.0 Å². The van der Waals surface area contributed by atoms with Gasteiger partial charge in [-0.25, -0.2) is 4.98 Å². The molecule has 2 unspecified atom stereocenters. The van der Waals surface area contributed by atoms with Gasteiger partial charge in [-0.3, -0.25) is 9.00 Å². The second-order valence-electron chi connectivity index (χ2n) is 8.10. The van der Waals surface area contributed by atoms with Crippen LogP contribution in [0.15, 0.2) is 71.8 Å². The number of nitriles is 1. The molecule has 0 saturated carbocycles. The number of benzene rings is 2. The molecule has 0 spiro atoms. The van der Waals surface area contributed by atoms with Crippen molar-refractivity contribution >= 4 is 28.5 Å². The van der Waals surface area contributed by atoms with Crippen LogP contribution in [0.3, 0.4) is 0 Å². The van der Waals surface area contributed by atoms with Crippen LogP contribution in [0.4, 0.5) is 0 Å². The molecule has 0 saturated heterocycles. The van der Waals surface area contributed by atoms with E-state index in [1.807, 2.05) is 73.7 Å². The number of methoxy groups -OCH3 is 1. The highest BCUT2D eigenvalue weighted by Gasteiger charge is 2.20. The summed E-state index contributed by atoms with van der Waals surface area (Å²) in [6.45, 7) is 2.22. The van der Waals surface area contributed by atoms with Gasteiger partial charge < -0.3 is 9.47 Å². The fraction of sp³-hybridized carbons (Fsp3) is 0.321. The van der Waals surface area contributed by atoms with Crippen LogP contribution in [0.5, 0.6) is 0 Å². The van der Waals surface area contributed by atoms with Crippen molar-refractivity contribution in [3.05, 3.63) is 72.3 Å². The molecule has 1 heterocycles. The summed E-state index contributed by atoms with van der Waals surface area (Å²) in [5, 5.41) is 10.5. The zero-order valence-electron chi connectivity index (χ0n) is 20.5. The maximum absolute atomic E-state index is 12.7. The number of unbranched alkanes of at least 4 members (excludes halogenated alkanes) is 1.